The number of hydrogen-bond acceptors (Lipinski definition) is 4. The molecule has 0 atom stereocenters. The lowest BCUT2D eigenvalue weighted by Gasteiger charge is -1.96. The van der Waals surface area contributed by atoms with Crippen LogP contribution < -0.4 is 5.32 Å². The third-order valence-electron chi connectivity index (χ3n) is 1.96. The minimum atomic E-state index is -0.221. The number of aromatic nitrogens is 2. The average molecular weight is 223 g/mol. The van der Waals surface area contributed by atoms with Gasteiger partial charge in [-0.2, -0.15) is 4.37 Å². The second-order valence-electron chi connectivity index (χ2n) is 3.07. The van der Waals surface area contributed by atoms with Crippen molar-refractivity contribution in [2.45, 2.75) is 6.42 Å². The van der Waals surface area contributed by atoms with Gasteiger partial charge in [0.2, 0.25) is 5.13 Å². The maximum absolute atomic E-state index is 12.6. The van der Waals surface area contributed by atoms with Gasteiger partial charge in [-0.05, 0) is 17.7 Å². The summed E-state index contributed by atoms with van der Waals surface area (Å²) in [5.41, 5.74) is 1.01. The van der Waals surface area contributed by atoms with Crippen LogP contribution in [-0.2, 0) is 6.42 Å². The van der Waals surface area contributed by atoms with E-state index >= 15 is 0 Å². The quantitative estimate of drug-likeness (QED) is 0.867. The molecule has 3 nitrogen and oxygen atoms in total. The van der Waals surface area contributed by atoms with Gasteiger partial charge in [-0.3, -0.25) is 0 Å². The first-order chi connectivity index (χ1) is 7.28. The maximum atomic E-state index is 12.6. The molecule has 0 unspecified atom stereocenters. The van der Waals surface area contributed by atoms with Gasteiger partial charge in [-0.15, -0.1) is 0 Å². The third-order valence-corrected chi connectivity index (χ3v) is 2.73. The average Bonchev–Trinajstić information content (AvgIpc) is 2.69. The first kappa shape index (κ1) is 10.0. The van der Waals surface area contributed by atoms with E-state index in [1.807, 2.05) is 7.05 Å². The molecule has 1 N–H and O–H groups in total. The van der Waals surface area contributed by atoms with Gasteiger partial charge in [0.05, 0.1) is 0 Å². The SMILES string of the molecule is CNc1nc(Cc2ccc(F)cc2)ns1. The summed E-state index contributed by atoms with van der Waals surface area (Å²) in [7, 11) is 1.81. The molecule has 0 saturated carbocycles. The Morgan fingerprint density at radius 2 is 2.07 bits per heavy atom. The van der Waals surface area contributed by atoms with Crippen LogP contribution in [0.2, 0.25) is 0 Å². The van der Waals surface area contributed by atoms with E-state index in [9.17, 15) is 4.39 Å². The van der Waals surface area contributed by atoms with E-state index in [0.717, 1.165) is 16.5 Å². The molecule has 0 bridgehead atoms. The van der Waals surface area contributed by atoms with E-state index in [4.69, 9.17) is 0 Å². The van der Waals surface area contributed by atoms with Gasteiger partial charge in [0.15, 0.2) is 0 Å². The number of nitrogens with one attached hydrogen (secondary N) is 1. The second kappa shape index (κ2) is 4.35. The molecule has 0 spiro atoms. The van der Waals surface area contributed by atoms with E-state index in [2.05, 4.69) is 14.7 Å². The van der Waals surface area contributed by atoms with Crippen LogP contribution in [0.1, 0.15) is 11.4 Å². The van der Waals surface area contributed by atoms with Gasteiger partial charge >= 0.3 is 0 Å². The van der Waals surface area contributed by atoms with Crippen molar-refractivity contribution < 1.29 is 4.39 Å². The fourth-order valence-corrected chi connectivity index (χ4v) is 1.75. The molecular formula is C10H10FN3S. The van der Waals surface area contributed by atoms with Crippen molar-refractivity contribution in [1.29, 1.82) is 0 Å². The predicted molar refractivity (Wildman–Crippen MR) is 58.7 cm³/mol. The standard InChI is InChI=1S/C10H10FN3S/c1-12-10-13-9(14-15-10)6-7-2-4-8(11)5-3-7/h2-5H,6H2,1H3,(H,12,13,14). The van der Waals surface area contributed by atoms with Crippen LogP contribution in [0.15, 0.2) is 24.3 Å². The number of hydrogen-bond donors (Lipinski definition) is 1. The highest BCUT2D eigenvalue weighted by Gasteiger charge is 2.03. The molecule has 0 aliphatic rings. The van der Waals surface area contributed by atoms with Gasteiger partial charge in [-0.25, -0.2) is 9.37 Å². The fraction of sp³-hybridized carbons (Fsp3) is 0.200. The highest BCUT2D eigenvalue weighted by atomic mass is 32.1. The molecule has 2 rings (SSSR count). The molecule has 0 amide bonds. The lowest BCUT2D eigenvalue weighted by Crippen LogP contribution is -1.92. The van der Waals surface area contributed by atoms with Crippen LogP contribution >= 0.6 is 11.5 Å². The van der Waals surface area contributed by atoms with Crippen LogP contribution in [0.5, 0.6) is 0 Å². The van der Waals surface area contributed by atoms with E-state index in [1.165, 1.54) is 23.7 Å². The van der Waals surface area contributed by atoms with Crippen molar-refractivity contribution >= 4 is 16.7 Å². The normalized spacial score (nSPS) is 10.3. The largest absolute Gasteiger partial charge is 0.363 e. The molecule has 1 aromatic carbocycles. The zero-order valence-corrected chi connectivity index (χ0v) is 9.01. The van der Waals surface area contributed by atoms with Crippen molar-refractivity contribution in [1.82, 2.24) is 9.36 Å². The Morgan fingerprint density at radius 3 is 2.67 bits per heavy atom. The molecule has 78 valence electrons. The first-order valence-electron chi connectivity index (χ1n) is 4.52. The van der Waals surface area contributed by atoms with Crippen molar-refractivity contribution in [3.63, 3.8) is 0 Å². The highest BCUT2D eigenvalue weighted by molar-refractivity contribution is 7.09. The Hall–Kier alpha value is -1.49. The smallest absolute Gasteiger partial charge is 0.202 e. The number of anilines is 1. The zero-order valence-electron chi connectivity index (χ0n) is 8.20. The van der Waals surface area contributed by atoms with Gasteiger partial charge in [0.1, 0.15) is 11.6 Å². The fourth-order valence-electron chi connectivity index (χ4n) is 1.21. The highest BCUT2D eigenvalue weighted by Crippen LogP contribution is 2.13. The molecule has 0 aliphatic carbocycles. The molecule has 0 radical (unpaired) electrons. The van der Waals surface area contributed by atoms with E-state index in [1.54, 1.807) is 12.1 Å². The zero-order chi connectivity index (χ0) is 10.7. The van der Waals surface area contributed by atoms with E-state index in [-0.39, 0.29) is 5.82 Å². The molecule has 0 saturated heterocycles. The summed E-state index contributed by atoms with van der Waals surface area (Å²) < 4.78 is 16.8. The molecule has 15 heavy (non-hydrogen) atoms. The monoisotopic (exact) mass is 223 g/mol. The number of rotatable bonds is 3. The topological polar surface area (TPSA) is 37.8 Å². The molecule has 1 heterocycles. The van der Waals surface area contributed by atoms with Crippen LogP contribution in [0, 0.1) is 5.82 Å². The maximum Gasteiger partial charge on any atom is 0.202 e. The van der Waals surface area contributed by atoms with Crippen molar-refractivity contribution in [2.75, 3.05) is 12.4 Å². The summed E-state index contributed by atoms with van der Waals surface area (Å²) in [6.07, 6.45) is 0.637. The summed E-state index contributed by atoms with van der Waals surface area (Å²) in [6, 6.07) is 6.38. The minimum absolute atomic E-state index is 0.221. The summed E-state index contributed by atoms with van der Waals surface area (Å²) in [6.45, 7) is 0. The summed E-state index contributed by atoms with van der Waals surface area (Å²) in [5, 5.41) is 3.73. The van der Waals surface area contributed by atoms with Crippen LogP contribution in [0.4, 0.5) is 9.52 Å². The van der Waals surface area contributed by atoms with Gasteiger partial charge in [0, 0.05) is 25.0 Å². The van der Waals surface area contributed by atoms with Crippen LogP contribution in [-0.4, -0.2) is 16.4 Å². The summed E-state index contributed by atoms with van der Waals surface area (Å²) >= 11 is 1.33. The van der Waals surface area contributed by atoms with Crippen LogP contribution in [0.3, 0.4) is 0 Å². The van der Waals surface area contributed by atoms with Gasteiger partial charge in [-0.1, -0.05) is 12.1 Å². The van der Waals surface area contributed by atoms with Crippen molar-refractivity contribution in [3.05, 3.63) is 41.5 Å². The summed E-state index contributed by atoms with van der Waals surface area (Å²) in [5.74, 6) is 0.539. The first-order valence-corrected chi connectivity index (χ1v) is 5.30. The Kier molecular flexibility index (Phi) is 2.91. The third kappa shape index (κ3) is 2.50. The second-order valence-corrected chi connectivity index (χ2v) is 3.82. The Morgan fingerprint density at radius 1 is 1.33 bits per heavy atom. The number of benzene rings is 1. The molecular weight excluding hydrogens is 213 g/mol. The Labute approximate surface area is 91.2 Å². The molecule has 5 heteroatoms. The lowest BCUT2D eigenvalue weighted by molar-refractivity contribution is 0.627. The van der Waals surface area contributed by atoms with Crippen molar-refractivity contribution in [2.24, 2.45) is 0 Å². The lowest BCUT2D eigenvalue weighted by atomic mass is 10.1. The Bertz CT molecular complexity index is 438. The molecule has 2 aromatic rings. The van der Waals surface area contributed by atoms with Crippen LogP contribution in [0.25, 0.3) is 0 Å². The van der Waals surface area contributed by atoms with E-state index in [0.29, 0.717) is 6.42 Å². The molecule has 1 aromatic heterocycles. The molecule has 0 aliphatic heterocycles. The minimum Gasteiger partial charge on any atom is -0.363 e. The van der Waals surface area contributed by atoms with Gasteiger partial charge < -0.3 is 5.32 Å². The predicted octanol–water partition coefficient (Wildman–Crippen LogP) is 2.31. The van der Waals surface area contributed by atoms with Gasteiger partial charge in [0.25, 0.3) is 0 Å². The van der Waals surface area contributed by atoms with E-state index < -0.39 is 0 Å². The summed E-state index contributed by atoms with van der Waals surface area (Å²) in [4.78, 5) is 4.25. The van der Waals surface area contributed by atoms with Crippen molar-refractivity contribution in [3.8, 4) is 0 Å². The number of nitrogens with zero attached hydrogens (tertiary/aromatic N) is 2. The number of halogens is 1. The molecule has 0 fully saturated rings. The Balaban J connectivity index is 2.11.